The van der Waals surface area contributed by atoms with E-state index in [4.69, 9.17) is 14.2 Å². The Labute approximate surface area is 375 Å². The molecule has 0 aromatic rings. The van der Waals surface area contributed by atoms with Gasteiger partial charge in [0.2, 0.25) is 0 Å². The average Bonchev–Trinajstić information content (AvgIpc) is 3.25. The Morgan fingerprint density at radius 2 is 0.633 bits per heavy atom. The minimum absolute atomic E-state index is 0.160. The van der Waals surface area contributed by atoms with E-state index in [0.717, 1.165) is 44.9 Å². The minimum Gasteiger partial charge on any atom is -0.463 e. The summed E-state index contributed by atoms with van der Waals surface area (Å²) in [6.45, 7) is 7.74. The molecule has 0 amide bonds. The van der Waals surface area contributed by atoms with Gasteiger partial charge in [0.25, 0.3) is 0 Å². The van der Waals surface area contributed by atoms with Crippen LogP contribution < -0.4 is 0 Å². The lowest BCUT2D eigenvalue weighted by Crippen LogP contribution is -2.29. The molecule has 0 aromatic heterocycles. The molecule has 0 bridgehead atoms. The molecule has 0 aliphatic carbocycles. The topological polar surface area (TPSA) is 61.8 Å². The van der Waals surface area contributed by atoms with Gasteiger partial charge in [-0.25, -0.2) is 0 Å². The van der Waals surface area contributed by atoms with Crippen molar-refractivity contribution in [2.45, 2.75) is 297 Å². The van der Waals surface area contributed by atoms with Crippen molar-refractivity contribution in [3.8, 4) is 0 Å². The van der Waals surface area contributed by atoms with Crippen molar-refractivity contribution in [2.24, 2.45) is 0 Å². The van der Waals surface area contributed by atoms with Gasteiger partial charge in [0, 0.05) is 19.4 Å². The average molecular weight is 845 g/mol. The zero-order valence-electron chi connectivity index (χ0n) is 40.7. The van der Waals surface area contributed by atoms with Crippen LogP contribution in [0, 0.1) is 0 Å². The molecule has 0 aliphatic heterocycles. The Hall–Kier alpha value is -1.62. The second-order valence-electron chi connectivity index (χ2n) is 18.1. The summed E-state index contributed by atoms with van der Waals surface area (Å²) in [4.78, 5) is 25.2. The lowest BCUT2D eigenvalue weighted by atomic mass is 10.0. The fraction of sp³-hybridized carbons (Fsp3) is 0.891. The van der Waals surface area contributed by atoms with Crippen LogP contribution in [0.2, 0.25) is 0 Å². The summed E-state index contributed by atoms with van der Waals surface area (Å²) in [7, 11) is 0. The van der Waals surface area contributed by atoms with Crippen LogP contribution in [0.15, 0.2) is 24.3 Å². The van der Waals surface area contributed by atoms with Gasteiger partial charge in [-0.3, -0.25) is 9.59 Å². The Kier molecular flexibility index (Phi) is 50.3. The molecule has 0 N–H and O–H groups in total. The van der Waals surface area contributed by atoms with Crippen molar-refractivity contribution >= 4 is 11.9 Å². The number of ether oxygens (including phenoxy) is 3. The van der Waals surface area contributed by atoms with Gasteiger partial charge in [-0.15, -0.1) is 0 Å². The number of hydrogen-bond acceptors (Lipinski definition) is 5. The largest absolute Gasteiger partial charge is 0.463 e. The van der Waals surface area contributed by atoms with E-state index >= 15 is 0 Å². The van der Waals surface area contributed by atoms with Crippen molar-refractivity contribution in [3.63, 3.8) is 0 Å². The predicted octanol–water partition coefficient (Wildman–Crippen LogP) is 18.0. The zero-order valence-corrected chi connectivity index (χ0v) is 40.7. The first-order chi connectivity index (χ1) is 29.6. The third kappa shape index (κ3) is 49.0. The molecular formula is C55H104O5. The van der Waals surface area contributed by atoms with E-state index in [2.05, 4.69) is 45.1 Å². The maximum absolute atomic E-state index is 12.6. The fourth-order valence-corrected chi connectivity index (χ4v) is 7.93. The lowest BCUT2D eigenvalue weighted by molar-refractivity contribution is -0.155. The molecule has 1 atom stereocenters. The van der Waals surface area contributed by atoms with E-state index in [9.17, 15) is 9.59 Å². The normalized spacial score (nSPS) is 12.2. The molecular weight excluding hydrogens is 741 g/mol. The molecule has 0 saturated heterocycles. The molecule has 5 nitrogen and oxygen atoms in total. The van der Waals surface area contributed by atoms with E-state index < -0.39 is 6.10 Å². The Bertz CT molecular complexity index is 913. The van der Waals surface area contributed by atoms with Gasteiger partial charge in [0.05, 0.1) is 0 Å². The molecule has 0 rings (SSSR count). The maximum atomic E-state index is 12.6. The van der Waals surface area contributed by atoms with Gasteiger partial charge in [-0.05, 0) is 51.4 Å². The van der Waals surface area contributed by atoms with Gasteiger partial charge < -0.3 is 14.2 Å². The van der Waals surface area contributed by atoms with Gasteiger partial charge in [0.1, 0.15) is 19.3 Å². The van der Waals surface area contributed by atoms with Crippen LogP contribution in [0.25, 0.3) is 0 Å². The summed E-state index contributed by atoms with van der Waals surface area (Å²) < 4.78 is 17.5. The second-order valence-corrected chi connectivity index (χ2v) is 18.1. The summed E-state index contributed by atoms with van der Waals surface area (Å²) in [5, 5.41) is 0. The van der Waals surface area contributed by atoms with E-state index in [1.807, 2.05) is 0 Å². The molecule has 0 spiro atoms. The number of allylic oxidation sites excluding steroid dienone is 4. The maximum Gasteiger partial charge on any atom is 0.305 e. The van der Waals surface area contributed by atoms with Gasteiger partial charge in [-0.2, -0.15) is 0 Å². The number of hydrogen-bond donors (Lipinski definition) is 0. The first-order valence-corrected chi connectivity index (χ1v) is 26.9. The molecule has 0 heterocycles. The first-order valence-electron chi connectivity index (χ1n) is 26.9. The predicted molar refractivity (Wildman–Crippen MR) is 261 cm³/mol. The molecule has 0 saturated carbocycles. The summed E-state index contributed by atoms with van der Waals surface area (Å²) >= 11 is 0. The number of rotatable bonds is 50. The monoisotopic (exact) mass is 845 g/mol. The zero-order chi connectivity index (χ0) is 43.5. The van der Waals surface area contributed by atoms with E-state index in [-0.39, 0.29) is 25.2 Å². The highest BCUT2D eigenvalue weighted by atomic mass is 16.6. The lowest BCUT2D eigenvalue weighted by Gasteiger charge is -2.18. The van der Waals surface area contributed by atoms with E-state index in [1.54, 1.807) is 0 Å². The smallest absolute Gasteiger partial charge is 0.305 e. The summed E-state index contributed by atoms with van der Waals surface area (Å²) in [5.41, 5.74) is 0. The number of esters is 2. The van der Waals surface area contributed by atoms with Crippen molar-refractivity contribution in [1.29, 1.82) is 0 Å². The molecule has 0 unspecified atom stereocenters. The van der Waals surface area contributed by atoms with Crippen LogP contribution in [0.3, 0.4) is 0 Å². The highest BCUT2D eigenvalue weighted by molar-refractivity contribution is 5.69. The van der Waals surface area contributed by atoms with Crippen LogP contribution in [0.4, 0.5) is 0 Å². The number of carbonyl (C=O) groups excluding carboxylic acids is 2. The second kappa shape index (κ2) is 51.7. The van der Waals surface area contributed by atoms with Crippen molar-refractivity contribution in [3.05, 3.63) is 24.3 Å². The van der Waals surface area contributed by atoms with Crippen LogP contribution in [-0.2, 0) is 23.8 Å². The summed E-state index contributed by atoms with van der Waals surface area (Å²) in [6, 6.07) is 0. The molecule has 0 fully saturated rings. The Balaban J connectivity index is 4.20. The van der Waals surface area contributed by atoms with E-state index in [1.165, 1.54) is 212 Å². The molecule has 354 valence electrons. The van der Waals surface area contributed by atoms with Crippen LogP contribution in [0.5, 0.6) is 0 Å². The first kappa shape index (κ1) is 58.4. The van der Waals surface area contributed by atoms with Gasteiger partial charge >= 0.3 is 11.9 Å². The summed E-state index contributed by atoms with van der Waals surface area (Å²) in [5.74, 6) is -0.327. The number of unbranched alkanes of at least 4 members (excludes halogenated alkanes) is 35. The van der Waals surface area contributed by atoms with E-state index in [0.29, 0.717) is 19.4 Å². The Morgan fingerprint density at radius 1 is 0.350 bits per heavy atom. The molecule has 0 radical (unpaired) electrons. The van der Waals surface area contributed by atoms with Crippen LogP contribution in [-0.4, -0.2) is 37.9 Å². The standard InChI is InChI=1S/C55H104O5/c1-4-7-10-13-16-19-22-24-26-28-29-31-34-37-40-43-46-49-55(57)60-52-53(51-59-54(56)48-45-42-39-36-33-21-18-15-12-9-6-3)58-50-47-44-41-38-35-32-30-27-25-23-20-17-14-11-8-5-2/h16,19,24,26,53H,4-15,17-18,20-23,25,27-52H2,1-3H3/b19-16-,26-24-/t53-/m0/s1. The molecule has 5 heteroatoms. The third-order valence-corrected chi connectivity index (χ3v) is 12.0. The van der Waals surface area contributed by atoms with Gasteiger partial charge in [0.15, 0.2) is 0 Å². The quantitative estimate of drug-likeness (QED) is 0.0347. The summed E-state index contributed by atoms with van der Waals surface area (Å²) in [6.07, 6.45) is 60.6. The SMILES string of the molecule is CCCCC/C=C\C/C=C\CCCCCCCCCC(=O)OC[C@H](COC(=O)CCCCCCCCCCCCC)OCCCCCCCCCCCCCCCCCC. The van der Waals surface area contributed by atoms with Crippen LogP contribution >= 0.6 is 0 Å². The Morgan fingerprint density at radius 3 is 1.00 bits per heavy atom. The molecule has 60 heavy (non-hydrogen) atoms. The van der Waals surface area contributed by atoms with Crippen molar-refractivity contribution < 1.29 is 23.8 Å². The highest BCUT2D eigenvalue weighted by Crippen LogP contribution is 2.16. The number of carbonyl (C=O) groups is 2. The third-order valence-electron chi connectivity index (χ3n) is 12.0. The van der Waals surface area contributed by atoms with Crippen molar-refractivity contribution in [1.82, 2.24) is 0 Å². The highest BCUT2D eigenvalue weighted by Gasteiger charge is 2.16. The van der Waals surface area contributed by atoms with Crippen LogP contribution in [0.1, 0.15) is 290 Å². The molecule has 0 aliphatic rings. The minimum atomic E-state index is -0.395. The fourth-order valence-electron chi connectivity index (χ4n) is 7.93. The van der Waals surface area contributed by atoms with Gasteiger partial charge in [-0.1, -0.05) is 251 Å². The van der Waals surface area contributed by atoms with Crippen molar-refractivity contribution in [2.75, 3.05) is 19.8 Å². The molecule has 0 aromatic carbocycles.